The van der Waals surface area contributed by atoms with Crippen molar-refractivity contribution in [3.8, 4) is 0 Å². The minimum atomic E-state index is 1.50. The lowest BCUT2D eigenvalue weighted by Crippen LogP contribution is -1.21. The number of rotatable bonds is 1. The van der Waals surface area contributed by atoms with Crippen LogP contribution in [0.25, 0.3) is 0 Å². The molecule has 0 aromatic carbocycles. The van der Waals surface area contributed by atoms with Crippen LogP contribution in [0.3, 0.4) is 0 Å². The van der Waals surface area contributed by atoms with Gasteiger partial charge in [-0.05, 0) is 6.92 Å². The fourth-order valence-electron chi connectivity index (χ4n) is 0. The molecule has 0 rings (SSSR count). The summed E-state index contributed by atoms with van der Waals surface area (Å²) in [6.07, 6.45) is 4.78. The van der Waals surface area contributed by atoms with Crippen LogP contribution in [0.1, 0.15) is 0 Å². The summed E-state index contributed by atoms with van der Waals surface area (Å²) in [5.74, 6) is 0. The Hall–Kier alpha value is -0.780. The molecule has 1 radical (unpaired) electrons. The highest BCUT2D eigenvalue weighted by atomic mass is 13.4. The quantitative estimate of drug-likeness (QED) is 0.438. The summed E-state index contributed by atoms with van der Waals surface area (Å²) in [4.78, 5) is 0. The molecule has 0 aromatic rings. The van der Waals surface area contributed by atoms with Gasteiger partial charge in [-0.1, -0.05) is 31.4 Å². The molecule has 0 saturated carbocycles. The van der Waals surface area contributed by atoms with Gasteiger partial charge in [0.25, 0.3) is 0 Å². The minimum absolute atomic E-state index is 1.50. The van der Waals surface area contributed by atoms with Crippen molar-refractivity contribution < 1.29 is 0 Å². The largest absolute Gasteiger partial charge is 0.103 e. The van der Waals surface area contributed by atoms with Crippen molar-refractivity contribution in [2.24, 2.45) is 0 Å². The Morgan fingerprint density at radius 3 is 1.00 bits per heavy atom. The highest BCUT2D eigenvalue weighted by Crippen LogP contribution is 1.52. The summed E-state index contributed by atoms with van der Waals surface area (Å²) in [5, 5.41) is 0. The van der Waals surface area contributed by atoms with Crippen LogP contribution in [0.2, 0.25) is 0 Å². The Bertz CT molecular complexity index is 45.1. The third-order valence-corrected chi connectivity index (χ3v) is 0.167. The van der Waals surface area contributed by atoms with E-state index in [9.17, 15) is 0 Å². The van der Waals surface area contributed by atoms with Crippen LogP contribution in [-0.4, -0.2) is 0 Å². The summed E-state index contributed by atoms with van der Waals surface area (Å²) in [7, 11) is 0. The summed E-state index contributed by atoms with van der Waals surface area (Å²) in [6.45, 7) is 13.2. The molecule has 0 heterocycles. The molecule has 0 aliphatic carbocycles. The lowest BCUT2D eigenvalue weighted by Gasteiger charge is -1.44. The van der Waals surface area contributed by atoms with E-state index < -0.39 is 0 Å². The maximum atomic E-state index is 3.36. The smallest absolute Gasteiger partial charge is 0.0319 e. The Labute approximate surface area is 45.9 Å². The van der Waals surface area contributed by atoms with E-state index in [4.69, 9.17) is 0 Å². The molecule has 0 amide bonds. The highest BCUT2D eigenvalue weighted by molar-refractivity contribution is 4.88. The molecule has 0 fully saturated rings. The van der Waals surface area contributed by atoms with E-state index in [1.807, 2.05) is 0 Å². The first-order valence-electron chi connectivity index (χ1n) is 1.97. The molecule has 0 aliphatic rings. The van der Waals surface area contributed by atoms with Crippen LogP contribution in [0.5, 0.6) is 0 Å². The minimum Gasteiger partial charge on any atom is -0.103 e. The van der Waals surface area contributed by atoms with Gasteiger partial charge in [-0.2, -0.15) is 0 Å². The first kappa shape index (κ1) is 9.52. The second-order valence-corrected chi connectivity index (χ2v) is 0.760. The topological polar surface area (TPSA) is 0 Å². The van der Waals surface area contributed by atoms with Crippen LogP contribution in [0.15, 0.2) is 38.0 Å². The number of allylic oxidation sites excluding steroid dienone is 3. The van der Waals surface area contributed by atoms with Crippen molar-refractivity contribution in [2.45, 2.75) is 0 Å². The van der Waals surface area contributed by atoms with E-state index >= 15 is 0 Å². The van der Waals surface area contributed by atoms with Crippen LogP contribution in [0, 0.1) is 6.92 Å². The zero-order valence-electron chi connectivity index (χ0n) is 4.56. The molecule has 0 N–H and O–H groups in total. The standard InChI is InChI=1S/C4H6.C3H5/c1-3-4-2;1-3-2/h3-4H,1-2H2;3H,1-2H2. The zero-order chi connectivity index (χ0) is 6.12. The van der Waals surface area contributed by atoms with E-state index in [-0.39, 0.29) is 0 Å². The van der Waals surface area contributed by atoms with Gasteiger partial charge in [-0.25, -0.2) is 0 Å². The fraction of sp³-hybridized carbons (Fsp3) is 0. The second-order valence-electron chi connectivity index (χ2n) is 0.760. The monoisotopic (exact) mass is 95.1 g/mol. The normalized spacial score (nSPS) is 4.71. The zero-order valence-corrected chi connectivity index (χ0v) is 4.56. The van der Waals surface area contributed by atoms with Crippen LogP contribution >= 0.6 is 0 Å². The second kappa shape index (κ2) is 18.9. The predicted molar refractivity (Wildman–Crippen MR) is 35.9 cm³/mol. The van der Waals surface area contributed by atoms with Gasteiger partial charge in [0, 0.05) is 0 Å². The third kappa shape index (κ3) is 1120. The molecule has 0 saturated heterocycles. The van der Waals surface area contributed by atoms with E-state index in [2.05, 4.69) is 26.7 Å². The lowest BCUT2D eigenvalue weighted by molar-refractivity contribution is 2.15. The fourth-order valence-corrected chi connectivity index (χ4v) is 0. The summed E-state index contributed by atoms with van der Waals surface area (Å²) < 4.78 is 0. The van der Waals surface area contributed by atoms with Crippen molar-refractivity contribution in [1.82, 2.24) is 0 Å². The molecule has 0 bridgehead atoms. The Balaban J connectivity index is 0. The molecule has 39 valence electrons. The summed E-state index contributed by atoms with van der Waals surface area (Å²) in [6, 6.07) is 0. The summed E-state index contributed by atoms with van der Waals surface area (Å²) >= 11 is 0. The molecule has 0 spiro atoms. The van der Waals surface area contributed by atoms with Crippen molar-refractivity contribution in [3.05, 3.63) is 44.9 Å². The maximum Gasteiger partial charge on any atom is -0.0319 e. The Morgan fingerprint density at radius 2 is 1.00 bits per heavy atom. The average Bonchev–Trinajstić information content (AvgIpc) is 1.69. The van der Waals surface area contributed by atoms with Gasteiger partial charge in [-0.3, -0.25) is 0 Å². The SMILES string of the molecule is C=CC=C.[CH2]C=C. The predicted octanol–water partition coefficient (Wildman–Crippen LogP) is 2.36. The van der Waals surface area contributed by atoms with Crippen molar-refractivity contribution in [1.29, 1.82) is 0 Å². The first-order chi connectivity index (χ1) is 3.33. The Morgan fingerprint density at radius 1 is 0.857 bits per heavy atom. The third-order valence-electron chi connectivity index (χ3n) is 0.167. The number of hydrogen-bond acceptors (Lipinski definition) is 0. The van der Waals surface area contributed by atoms with Gasteiger partial charge in [0.05, 0.1) is 0 Å². The van der Waals surface area contributed by atoms with Gasteiger partial charge in [0.15, 0.2) is 0 Å². The highest BCUT2D eigenvalue weighted by Gasteiger charge is 1.29. The Kier molecular flexibility index (Phi) is 25.6. The van der Waals surface area contributed by atoms with Gasteiger partial charge >= 0.3 is 0 Å². The van der Waals surface area contributed by atoms with E-state index in [0.717, 1.165) is 0 Å². The molecule has 0 aromatic heterocycles. The van der Waals surface area contributed by atoms with E-state index in [0.29, 0.717) is 0 Å². The molecular formula is C7H11. The molecule has 0 nitrogen and oxygen atoms in total. The molecule has 0 unspecified atom stereocenters. The lowest BCUT2D eigenvalue weighted by atomic mass is 10.6. The van der Waals surface area contributed by atoms with Gasteiger partial charge < -0.3 is 0 Å². The van der Waals surface area contributed by atoms with Gasteiger partial charge in [0.2, 0.25) is 0 Å². The van der Waals surface area contributed by atoms with Crippen LogP contribution in [-0.2, 0) is 0 Å². The molecule has 0 atom stereocenters. The summed E-state index contributed by atoms with van der Waals surface area (Å²) in [5.41, 5.74) is 0. The molecule has 0 heteroatoms. The van der Waals surface area contributed by atoms with Gasteiger partial charge in [0.1, 0.15) is 0 Å². The van der Waals surface area contributed by atoms with Crippen LogP contribution in [0.4, 0.5) is 0 Å². The van der Waals surface area contributed by atoms with E-state index in [1.54, 1.807) is 12.2 Å². The molecular weight excluding hydrogens is 84.1 g/mol. The van der Waals surface area contributed by atoms with E-state index in [1.165, 1.54) is 6.08 Å². The van der Waals surface area contributed by atoms with Crippen molar-refractivity contribution in [3.63, 3.8) is 0 Å². The molecule has 0 aliphatic heterocycles. The molecule has 7 heavy (non-hydrogen) atoms. The first-order valence-corrected chi connectivity index (χ1v) is 1.97. The maximum absolute atomic E-state index is 3.36. The van der Waals surface area contributed by atoms with Crippen LogP contribution < -0.4 is 0 Å². The average molecular weight is 95.2 g/mol. The number of hydrogen-bond donors (Lipinski definition) is 0. The van der Waals surface area contributed by atoms with Crippen molar-refractivity contribution >= 4 is 0 Å². The van der Waals surface area contributed by atoms with Crippen molar-refractivity contribution in [2.75, 3.05) is 0 Å². The van der Waals surface area contributed by atoms with Gasteiger partial charge in [-0.15, -0.1) is 6.58 Å².